The van der Waals surface area contributed by atoms with E-state index >= 15 is 0 Å². The molecule has 0 saturated carbocycles. The number of carbonyl (C=O) groups is 3. The first kappa shape index (κ1) is 94.4. The highest BCUT2D eigenvalue weighted by Gasteiger charge is 2.29. The normalized spacial score (nSPS) is 14.9. The highest BCUT2D eigenvalue weighted by molar-refractivity contribution is 7.47. The van der Waals surface area contributed by atoms with Gasteiger partial charge in [-0.2, -0.15) is 0 Å². The van der Waals surface area contributed by atoms with Crippen LogP contribution < -0.4 is 0 Å². The van der Waals surface area contributed by atoms with Gasteiger partial charge in [-0.1, -0.05) is 269 Å². The summed E-state index contributed by atoms with van der Waals surface area (Å²) in [6.45, 7) is 2.46. The number of allylic oxidation sites excluding steroid dienone is 24. The maximum atomic E-state index is 13.0. The Morgan fingerprint density at radius 1 is 0.293 bits per heavy atom. The third-order valence-corrected chi connectivity index (χ3v) is 17.4. The van der Waals surface area contributed by atoms with E-state index in [1.54, 1.807) is 0 Å². The maximum Gasteiger partial charge on any atom is 0.472 e. The quantitative estimate of drug-likeness (QED) is 0.0146. The Labute approximate surface area is 600 Å². The third kappa shape index (κ3) is 74.4. The fraction of sp³-hybridized carbons (Fsp3) is 0.667. The van der Waals surface area contributed by atoms with Crippen molar-refractivity contribution in [3.8, 4) is 0 Å². The van der Waals surface area contributed by atoms with Gasteiger partial charge in [-0.15, -0.1) is 0 Å². The summed E-state index contributed by atoms with van der Waals surface area (Å²) in [5.74, 6) is -1.62. The molecule has 0 aliphatic heterocycles. The second kappa shape index (κ2) is 73.2. The molecule has 0 rings (SSSR count). The average molecular weight is 1430 g/mol. The van der Waals surface area contributed by atoms with Crippen LogP contribution >= 0.6 is 15.6 Å². The van der Waals surface area contributed by atoms with Crippen LogP contribution in [0.1, 0.15) is 290 Å². The molecule has 0 aromatic heterocycles. The molecule has 0 heterocycles. The summed E-state index contributed by atoms with van der Waals surface area (Å²) in [4.78, 5) is 58.6. The summed E-state index contributed by atoms with van der Waals surface area (Å²) >= 11 is 0. The number of ether oxygens (including phenoxy) is 3. The number of aliphatic hydroxyl groups is 2. The number of phosphoric ester groups is 2. The smallest absolute Gasteiger partial charge is 0.463 e. The minimum Gasteiger partial charge on any atom is -0.463 e. The lowest BCUT2D eigenvalue weighted by atomic mass is 10.1. The van der Waals surface area contributed by atoms with Crippen LogP contribution in [0.25, 0.3) is 0 Å². The monoisotopic (exact) mass is 1430 g/mol. The number of hydrogen-bond donors (Lipinski definition) is 4. The summed E-state index contributed by atoms with van der Waals surface area (Å²) in [6.07, 6.45) is 88.8. The van der Waals surface area contributed by atoms with E-state index in [1.165, 1.54) is 44.9 Å². The Balaban J connectivity index is 4.65. The Hall–Kier alpha value is -4.57. The number of esters is 3. The molecule has 0 aromatic carbocycles. The van der Waals surface area contributed by atoms with Crippen molar-refractivity contribution in [1.82, 2.24) is 0 Å². The predicted octanol–water partition coefficient (Wildman–Crippen LogP) is 22.1. The van der Waals surface area contributed by atoms with Crippen molar-refractivity contribution in [3.05, 3.63) is 146 Å². The van der Waals surface area contributed by atoms with Crippen LogP contribution in [0.15, 0.2) is 146 Å². The molecule has 0 saturated heterocycles. The lowest BCUT2D eigenvalue weighted by Gasteiger charge is -2.21. The molecule has 0 aromatic rings. The topological polar surface area (TPSA) is 231 Å². The molecule has 99 heavy (non-hydrogen) atoms. The minimum atomic E-state index is -4.94. The fourth-order valence-electron chi connectivity index (χ4n) is 9.70. The minimum absolute atomic E-state index is 0.0819. The van der Waals surface area contributed by atoms with Crippen LogP contribution in [0.4, 0.5) is 0 Å². The van der Waals surface area contributed by atoms with Crippen molar-refractivity contribution < 1.29 is 75.8 Å². The van der Waals surface area contributed by atoms with Gasteiger partial charge < -0.3 is 34.2 Å². The van der Waals surface area contributed by atoms with Gasteiger partial charge in [0.2, 0.25) is 0 Å². The second-order valence-corrected chi connectivity index (χ2v) is 28.0. The summed E-state index contributed by atoms with van der Waals surface area (Å²) in [6, 6.07) is 0. The Bertz CT molecular complexity index is 2380. The third-order valence-electron chi connectivity index (χ3n) is 15.5. The van der Waals surface area contributed by atoms with Crippen molar-refractivity contribution in [3.63, 3.8) is 0 Å². The van der Waals surface area contributed by atoms with Gasteiger partial charge in [0.1, 0.15) is 25.4 Å². The Morgan fingerprint density at radius 2 is 0.535 bits per heavy atom. The first-order valence-corrected chi connectivity index (χ1v) is 41.1. The van der Waals surface area contributed by atoms with Gasteiger partial charge in [0.15, 0.2) is 6.10 Å². The number of carbonyl (C=O) groups excluding carboxylic acids is 3. The predicted molar refractivity (Wildman–Crippen MR) is 408 cm³/mol. The van der Waals surface area contributed by atoms with Crippen molar-refractivity contribution in [1.29, 1.82) is 0 Å². The second-order valence-electron chi connectivity index (χ2n) is 25.1. The fourth-order valence-corrected chi connectivity index (χ4v) is 11.3. The standard InChI is InChI=1S/C81H136O16P2/c1-4-7-10-13-16-19-22-25-28-30-32-34-36-37-39-41-42-44-47-49-52-55-58-61-64-67-79(84)91-70-76(82)71-93-98(87,88)94-72-77(83)73-95-99(89,90)96-75-78(97-81(86)69-66-63-60-57-54-51-46-27-24-21-18-15-12-9-6-3)74-92-80(85)68-65-62-59-56-53-50-48-45-43-40-38-35-33-31-29-26-23-20-17-14-11-8-5-2/h7,10,16-21,25-29,32-35,37,39-40,42-44,46,76-78,82-83H,4-6,8-9,11-15,22-24,30-31,36,38,41,45,47-75H2,1-3H3,(H,87,88)(H,89,90)/b10-7-,19-16-,20-17-,21-18-,28-25-,29-26-,34-32-,35-33-,39-37-,43-40-,44-42-,46-27-. The summed E-state index contributed by atoms with van der Waals surface area (Å²) in [7, 11) is -9.81. The molecule has 5 unspecified atom stereocenters. The molecule has 0 fully saturated rings. The van der Waals surface area contributed by atoms with Gasteiger partial charge in [0.05, 0.1) is 26.4 Å². The molecule has 16 nitrogen and oxygen atoms in total. The lowest BCUT2D eigenvalue weighted by Crippen LogP contribution is -2.30. The SMILES string of the molecule is CC/C=C\C/C=C\C/C=C\C/C=C\C/C=C\C/C=C\CCCCCCCCC(=O)OCC(O)COP(=O)(O)OCC(O)COP(=O)(O)OCC(COC(=O)CCCCCCCCC/C=C\C/C=C\C/C=C\C/C=C\CCCCC)OC(=O)CCCCCCC/C=C\C/C=C\CCCCC. The largest absolute Gasteiger partial charge is 0.472 e. The molecular formula is C81H136O16P2. The molecule has 0 radical (unpaired) electrons. The molecule has 5 atom stereocenters. The molecule has 0 aliphatic carbocycles. The van der Waals surface area contributed by atoms with E-state index < -0.39 is 91.5 Å². The van der Waals surface area contributed by atoms with Crippen molar-refractivity contribution in [2.45, 2.75) is 309 Å². The number of hydrogen-bond acceptors (Lipinski definition) is 14. The summed E-state index contributed by atoms with van der Waals surface area (Å²) in [5.41, 5.74) is 0. The number of unbranched alkanes of at least 4 members (excludes halogenated alkanes) is 24. The zero-order valence-corrected chi connectivity index (χ0v) is 63.4. The number of aliphatic hydroxyl groups excluding tert-OH is 2. The van der Waals surface area contributed by atoms with Crippen LogP contribution in [0.3, 0.4) is 0 Å². The van der Waals surface area contributed by atoms with E-state index in [-0.39, 0.29) is 19.3 Å². The highest BCUT2D eigenvalue weighted by atomic mass is 31.2. The van der Waals surface area contributed by atoms with E-state index in [9.17, 15) is 43.5 Å². The molecule has 0 amide bonds. The van der Waals surface area contributed by atoms with E-state index in [2.05, 4.69) is 167 Å². The molecule has 0 bridgehead atoms. The lowest BCUT2D eigenvalue weighted by molar-refractivity contribution is -0.161. The van der Waals surface area contributed by atoms with E-state index in [0.29, 0.717) is 19.3 Å². The zero-order valence-electron chi connectivity index (χ0n) is 61.6. The molecule has 0 spiro atoms. The molecule has 0 aliphatic rings. The number of rotatable bonds is 71. The van der Waals surface area contributed by atoms with Crippen molar-refractivity contribution in [2.75, 3.05) is 39.6 Å². The van der Waals surface area contributed by atoms with Gasteiger partial charge in [0.25, 0.3) is 0 Å². The van der Waals surface area contributed by atoms with Gasteiger partial charge in [0, 0.05) is 19.3 Å². The van der Waals surface area contributed by atoms with E-state index in [4.69, 9.17) is 32.3 Å². The zero-order chi connectivity index (χ0) is 72.3. The van der Waals surface area contributed by atoms with Crippen LogP contribution in [0.2, 0.25) is 0 Å². The van der Waals surface area contributed by atoms with Gasteiger partial charge in [-0.3, -0.25) is 32.5 Å². The van der Waals surface area contributed by atoms with E-state index in [1.807, 2.05) is 0 Å². The number of phosphoric acid groups is 2. The van der Waals surface area contributed by atoms with Crippen LogP contribution in [0, 0.1) is 0 Å². The first-order chi connectivity index (χ1) is 48.2. The maximum absolute atomic E-state index is 13.0. The molecule has 566 valence electrons. The van der Waals surface area contributed by atoms with Gasteiger partial charge in [-0.25, -0.2) is 9.13 Å². The molecule has 18 heteroatoms. The summed E-state index contributed by atoms with van der Waals surface area (Å²) in [5, 5.41) is 20.6. The van der Waals surface area contributed by atoms with Gasteiger partial charge in [-0.05, 0) is 148 Å². The van der Waals surface area contributed by atoms with Crippen LogP contribution in [-0.2, 0) is 55.8 Å². The Kier molecular flexibility index (Phi) is 69.8. The van der Waals surface area contributed by atoms with Gasteiger partial charge >= 0.3 is 33.6 Å². The average Bonchev–Trinajstić information content (AvgIpc) is 1.57. The Morgan fingerprint density at radius 3 is 0.848 bits per heavy atom. The first-order valence-electron chi connectivity index (χ1n) is 38.1. The molecule has 4 N–H and O–H groups in total. The van der Waals surface area contributed by atoms with Crippen molar-refractivity contribution in [2.24, 2.45) is 0 Å². The van der Waals surface area contributed by atoms with E-state index in [0.717, 1.165) is 186 Å². The highest BCUT2D eigenvalue weighted by Crippen LogP contribution is 2.45. The molecular weight excluding hydrogens is 1290 g/mol. The van der Waals surface area contributed by atoms with Crippen LogP contribution in [0.5, 0.6) is 0 Å². The van der Waals surface area contributed by atoms with Crippen LogP contribution in [-0.4, -0.2) is 95.9 Å². The summed E-state index contributed by atoms with van der Waals surface area (Å²) < 4.78 is 61.1. The van der Waals surface area contributed by atoms with Crippen molar-refractivity contribution >= 4 is 33.6 Å².